The predicted octanol–water partition coefficient (Wildman–Crippen LogP) is 4.62. The number of urea groups is 1. The van der Waals surface area contributed by atoms with Crippen molar-refractivity contribution in [3.8, 4) is 0 Å². The zero-order chi connectivity index (χ0) is 21.1. The number of carbonyl (C=O) groups excluding carboxylic acids is 1. The summed E-state index contributed by atoms with van der Waals surface area (Å²) in [6, 6.07) is 6.51. The fourth-order valence-electron chi connectivity index (χ4n) is 3.77. The number of alkyl halides is 3. The molecule has 2 aliphatic rings. The average molecular weight is 465 g/mol. The van der Waals surface area contributed by atoms with Crippen molar-refractivity contribution < 1.29 is 26.4 Å². The molecule has 0 radical (unpaired) electrons. The highest BCUT2D eigenvalue weighted by Gasteiger charge is 2.54. The van der Waals surface area contributed by atoms with Crippen LogP contribution in [0.15, 0.2) is 42.5 Å². The molecule has 5 nitrogen and oxygen atoms in total. The van der Waals surface area contributed by atoms with Gasteiger partial charge in [-0.05, 0) is 36.4 Å². The zero-order valence-electron chi connectivity index (χ0n) is 14.5. The summed E-state index contributed by atoms with van der Waals surface area (Å²) in [7, 11) is -3.48. The topological polar surface area (TPSA) is 57.7 Å². The summed E-state index contributed by atoms with van der Waals surface area (Å²) in [4.78, 5) is 15.6. The number of amides is 2. The summed E-state index contributed by atoms with van der Waals surface area (Å²) < 4.78 is 63.9. The summed E-state index contributed by atoms with van der Waals surface area (Å²) in [5.74, 6) is -0.628. The second-order valence-electron chi connectivity index (χ2n) is 6.88. The van der Waals surface area contributed by atoms with Gasteiger partial charge in [0.1, 0.15) is 0 Å². The molecular weight excluding hydrogens is 452 g/mol. The van der Waals surface area contributed by atoms with Crippen LogP contribution in [0.25, 0.3) is 0 Å². The first-order chi connectivity index (χ1) is 13.5. The number of carbonyl (C=O) groups is 1. The van der Waals surface area contributed by atoms with Gasteiger partial charge in [-0.25, -0.2) is 13.2 Å². The van der Waals surface area contributed by atoms with E-state index in [0.717, 1.165) is 17.0 Å². The Morgan fingerprint density at radius 1 is 0.897 bits per heavy atom. The molecule has 2 fully saturated rings. The predicted molar refractivity (Wildman–Crippen MR) is 104 cm³/mol. The molecule has 2 aromatic carbocycles. The van der Waals surface area contributed by atoms with Crippen molar-refractivity contribution in [2.45, 2.75) is 18.3 Å². The van der Waals surface area contributed by atoms with Gasteiger partial charge in [0.25, 0.3) is 0 Å². The second kappa shape index (κ2) is 6.78. The number of hydrogen-bond donors (Lipinski definition) is 0. The number of fused-ring (bicyclic) bond motifs is 1. The number of nitrogens with zero attached hydrogens (tertiary/aromatic N) is 2. The lowest BCUT2D eigenvalue weighted by Crippen LogP contribution is -2.38. The summed E-state index contributed by atoms with van der Waals surface area (Å²) in [6.45, 7) is 0. The van der Waals surface area contributed by atoms with Gasteiger partial charge in [-0.1, -0.05) is 29.3 Å². The monoisotopic (exact) mass is 464 g/mol. The molecule has 0 spiro atoms. The van der Waals surface area contributed by atoms with Crippen LogP contribution < -0.4 is 9.80 Å². The van der Waals surface area contributed by atoms with Crippen molar-refractivity contribution in [3.63, 3.8) is 0 Å². The first-order valence-corrected chi connectivity index (χ1v) is 11.0. The van der Waals surface area contributed by atoms with Crippen molar-refractivity contribution in [3.05, 3.63) is 58.1 Å². The molecular formula is C18H13Cl2F3N2O3S. The Bertz CT molecular complexity index is 1110. The van der Waals surface area contributed by atoms with Gasteiger partial charge in [0.2, 0.25) is 0 Å². The number of anilines is 2. The van der Waals surface area contributed by atoms with E-state index in [1.807, 2.05) is 0 Å². The summed E-state index contributed by atoms with van der Waals surface area (Å²) in [5, 5.41) is 0.430. The molecule has 11 heteroatoms. The Labute approximate surface area is 174 Å². The van der Waals surface area contributed by atoms with Crippen molar-refractivity contribution in [1.29, 1.82) is 0 Å². The van der Waals surface area contributed by atoms with Gasteiger partial charge in [0.05, 0.1) is 39.2 Å². The molecule has 2 atom stereocenters. The van der Waals surface area contributed by atoms with Gasteiger partial charge in [-0.2, -0.15) is 13.2 Å². The van der Waals surface area contributed by atoms with Crippen molar-refractivity contribution in [2.75, 3.05) is 21.3 Å². The van der Waals surface area contributed by atoms with Crippen LogP contribution in [-0.4, -0.2) is 38.0 Å². The fraction of sp³-hybridized carbons (Fsp3) is 0.278. The minimum absolute atomic E-state index is 0.0144. The highest BCUT2D eigenvalue weighted by Crippen LogP contribution is 2.40. The smallest absolute Gasteiger partial charge is 0.288 e. The van der Waals surface area contributed by atoms with Gasteiger partial charge in [-0.3, -0.25) is 9.80 Å². The molecule has 0 N–H and O–H groups in total. The lowest BCUT2D eigenvalue weighted by Gasteiger charge is -2.23. The average Bonchev–Trinajstić information content (AvgIpc) is 3.05. The molecule has 29 heavy (non-hydrogen) atoms. The molecule has 0 aliphatic carbocycles. The van der Waals surface area contributed by atoms with E-state index < -0.39 is 39.7 Å². The van der Waals surface area contributed by atoms with Gasteiger partial charge >= 0.3 is 12.2 Å². The van der Waals surface area contributed by atoms with Crippen LogP contribution in [0.3, 0.4) is 0 Å². The summed E-state index contributed by atoms with van der Waals surface area (Å²) >= 11 is 12.0. The second-order valence-corrected chi connectivity index (χ2v) is 9.85. The molecule has 2 saturated heterocycles. The van der Waals surface area contributed by atoms with E-state index in [2.05, 4.69) is 0 Å². The van der Waals surface area contributed by atoms with Crippen LogP contribution in [0.2, 0.25) is 10.0 Å². The normalized spacial score (nSPS) is 23.6. The fourth-order valence-corrected chi connectivity index (χ4v) is 5.99. The van der Waals surface area contributed by atoms with Crippen LogP contribution in [0.4, 0.5) is 29.3 Å². The number of sulfone groups is 1. The molecule has 0 unspecified atom stereocenters. The van der Waals surface area contributed by atoms with Gasteiger partial charge < -0.3 is 0 Å². The molecule has 2 aliphatic heterocycles. The van der Waals surface area contributed by atoms with Gasteiger partial charge in [0.15, 0.2) is 9.84 Å². The number of halogens is 5. The van der Waals surface area contributed by atoms with Crippen molar-refractivity contribution >= 4 is 50.4 Å². The number of benzene rings is 2. The molecule has 154 valence electrons. The van der Waals surface area contributed by atoms with Crippen LogP contribution in [0.5, 0.6) is 0 Å². The largest absolute Gasteiger partial charge is 0.416 e. The molecule has 0 saturated carbocycles. The molecule has 0 aromatic heterocycles. The zero-order valence-corrected chi connectivity index (χ0v) is 16.9. The maximum Gasteiger partial charge on any atom is 0.416 e. The third kappa shape index (κ3) is 3.55. The van der Waals surface area contributed by atoms with E-state index in [-0.39, 0.29) is 27.2 Å². The Morgan fingerprint density at radius 2 is 1.48 bits per heavy atom. The standard InChI is InChI=1S/C18H13Cl2F3N2O3S/c19-13-5-4-12(7-14(13)20)25-16-9-29(27,28)8-15(16)24(17(25)26)11-3-1-2-10(6-11)18(21,22)23/h1-7,15-16H,8-9H2/t15-,16-/m1/s1. The molecule has 2 amide bonds. The number of rotatable bonds is 2. The van der Waals surface area contributed by atoms with Gasteiger partial charge in [-0.15, -0.1) is 0 Å². The minimum Gasteiger partial charge on any atom is -0.288 e. The van der Waals surface area contributed by atoms with E-state index in [9.17, 15) is 26.4 Å². The molecule has 0 bridgehead atoms. The first kappa shape index (κ1) is 20.3. The Kier molecular flexibility index (Phi) is 4.75. The quantitative estimate of drug-likeness (QED) is 0.609. The lowest BCUT2D eigenvalue weighted by atomic mass is 10.1. The third-order valence-corrected chi connectivity index (χ3v) is 7.44. The molecule has 2 heterocycles. The number of hydrogen-bond acceptors (Lipinski definition) is 3. The maximum absolute atomic E-state index is 13.2. The van der Waals surface area contributed by atoms with E-state index >= 15 is 0 Å². The van der Waals surface area contributed by atoms with E-state index in [0.29, 0.717) is 5.69 Å². The Hall–Kier alpha value is -1.97. The van der Waals surface area contributed by atoms with Crippen molar-refractivity contribution in [1.82, 2.24) is 0 Å². The van der Waals surface area contributed by atoms with Crippen LogP contribution in [0, 0.1) is 0 Å². The Morgan fingerprint density at radius 3 is 2.03 bits per heavy atom. The SMILES string of the molecule is O=C1N(c2cccc(C(F)(F)F)c2)[C@@H]2CS(=O)(=O)C[C@H]2N1c1ccc(Cl)c(Cl)c1. The Balaban J connectivity index is 1.81. The maximum atomic E-state index is 13.2. The molecule has 4 rings (SSSR count). The summed E-state index contributed by atoms with van der Waals surface area (Å²) in [6.07, 6.45) is -4.59. The minimum atomic E-state index is -4.59. The van der Waals surface area contributed by atoms with Crippen LogP contribution in [-0.2, 0) is 16.0 Å². The van der Waals surface area contributed by atoms with Crippen molar-refractivity contribution in [2.24, 2.45) is 0 Å². The van der Waals surface area contributed by atoms with E-state index in [1.165, 1.54) is 35.2 Å². The van der Waals surface area contributed by atoms with Crippen LogP contribution in [0.1, 0.15) is 5.56 Å². The third-order valence-electron chi connectivity index (χ3n) is 5.00. The summed E-state index contributed by atoms with van der Waals surface area (Å²) in [5.41, 5.74) is -0.612. The molecule has 2 aromatic rings. The first-order valence-electron chi connectivity index (χ1n) is 8.43. The van der Waals surface area contributed by atoms with E-state index in [1.54, 1.807) is 0 Å². The highest BCUT2D eigenvalue weighted by atomic mass is 35.5. The van der Waals surface area contributed by atoms with Gasteiger partial charge in [0, 0.05) is 11.4 Å². The van der Waals surface area contributed by atoms with Crippen LogP contribution >= 0.6 is 23.2 Å². The lowest BCUT2D eigenvalue weighted by molar-refractivity contribution is -0.137. The van der Waals surface area contributed by atoms with E-state index in [4.69, 9.17) is 23.2 Å². The highest BCUT2D eigenvalue weighted by molar-refractivity contribution is 7.91.